The number of hydrogen-bond donors (Lipinski definition) is 8. The summed E-state index contributed by atoms with van der Waals surface area (Å²) in [7, 11) is -20.4. The van der Waals surface area contributed by atoms with Gasteiger partial charge in [-0.25, -0.2) is 18.3 Å². The molecular weight excluding hydrogens is 508 g/mol. The van der Waals surface area contributed by atoms with Crippen molar-refractivity contribution in [3.63, 3.8) is 0 Å². The molecule has 0 spiro atoms. The molecule has 0 amide bonds. The number of methoxy groups -OCH3 is 2. The van der Waals surface area contributed by atoms with Crippen molar-refractivity contribution in [2.45, 2.75) is 36.6 Å². The highest BCUT2D eigenvalue weighted by molar-refractivity contribution is 7.47. The van der Waals surface area contributed by atoms with Gasteiger partial charge in [0.05, 0.1) is 0 Å². The Labute approximate surface area is 168 Å². The molecule has 0 radical (unpaired) electrons. The normalized spacial score (nSPS) is 31.7. The van der Waals surface area contributed by atoms with Crippen LogP contribution in [0.15, 0.2) is 0 Å². The molecule has 0 unspecified atom stereocenters. The monoisotopic (exact) mass is 528 g/mol. The van der Waals surface area contributed by atoms with Crippen LogP contribution in [0.2, 0.25) is 0 Å². The molecule has 1 aliphatic carbocycles. The van der Waals surface area contributed by atoms with Crippen LogP contribution in [0.1, 0.15) is 0 Å². The Morgan fingerprint density at radius 2 is 0.600 bits per heavy atom. The van der Waals surface area contributed by atoms with Crippen LogP contribution in [0.4, 0.5) is 0 Å². The molecule has 6 atom stereocenters. The van der Waals surface area contributed by atoms with E-state index in [9.17, 15) is 18.3 Å². The number of rotatable bonds is 10. The molecule has 0 aromatic carbocycles. The summed E-state index contributed by atoms with van der Waals surface area (Å²) in [6.45, 7) is 0. The zero-order valence-corrected chi connectivity index (χ0v) is 18.5. The molecule has 0 bridgehead atoms. The van der Waals surface area contributed by atoms with Crippen LogP contribution in [-0.2, 0) is 45.8 Å². The van der Waals surface area contributed by atoms with E-state index in [4.69, 9.17) is 48.6 Å². The van der Waals surface area contributed by atoms with Crippen molar-refractivity contribution in [3.8, 4) is 0 Å². The van der Waals surface area contributed by atoms with Crippen LogP contribution in [0.25, 0.3) is 0 Å². The minimum Gasteiger partial charge on any atom is -0.376 e. The quantitative estimate of drug-likeness (QED) is 0.141. The Bertz CT molecular complexity index is 696. The molecule has 1 rings (SSSR count). The highest BCUT2D eigenvalue weighted by Gasteiger charge is 2.60. The third kappa shape index (κ3) is 9.08. The smallest absolute Gasteiger partial charge is 0.376 e. The topological polar surface area (TPSA) is 285 Å². The minimum absolute atomic E-state index is 0.889. The van der Waals surface area contributed by atoms with Crippen molar-refractivity contribution >= 4 is 31.3 Å². The first kappa shape index (κ1) is 28.4. The van der Waals surface area contributed by atoms with E-state index in [2.05, 4.69) is 18.1 Å². The molecule has 1 fully saturated rings. The molecule has 0 aliphatic heterocycles. The molecule has 1 aliphatic rings. The van der Waals surface area contributed by atoms with Gasteiger partial charge in [-0.1, -0.05) is 0 Å². The maximum atomic E-state index is 11.4. The summed E-state index contributed by atoms with van der Waals surface area (Å²) in [5.74, 6) is 0. The van der Waals surface area contributed by atoms with Gasteiger partial charge in [0.2, 0.25) is 0 Å². The van der Waals surface area contributed by atoms with Crippen LogP contribution < -0.4 is 0 Å². The Morgan fingerprint density at radius 1 is 0.433 bits per heavy atom. The fourth-order valence-corrected chi connectivity index (χ4v) is 5.00. The first-order chi connectivity index (χ1) is 13.3. The van der Waals surface area contributed by atoms with Gasteiger partial charge < -0.3 is 48.6 Å². The summed E-state index contributed by atoms with van der Waals surface area (Å²) in [4.78, 5) is 73.0. The van der Waals surface area contributed by atoms with Crippen LogP contribution in [0.3, 0.4) is 0 Å². The summed E-state index contributed by atoms with van der Waals surface area (Å²) < 4.78 is 72.7. The average molecular weight is 528 g/mol. The largest absolute Gasteiger partial charge is 0.470 e. The fourth-order valence-electron chi connectivity index (χ4n) is 2.77. The molecular formula is C8H20O18P4. The van der Waals surface area contributed by atoms with Crippen molar-refractivity contribution in [2.24, 2.45) is 0 Å². The highest BCUT2D eigenvalue weighted by atomic mass is 31.2. The summed E-state index contributed by atoms with van der Waals surface area (Å²) in [6.07, 6.45) is -13.1. The fraction of sp³-hybridized carbons (Fsp3) is 1.00. The van der Waals surface area contributed by atoms with Gasteiger partial charge in [-0.3, -0.25) is 18.1 Å². The number of phosphoric acid groups is 4. The van der Waals surface area contributed by atoms with Gasteiger partial charge in [0, 0.05) is 14.2 Å². The Morgan fingerprint density at radius 3 is 0.733 bits per heavy atom. The van der Waals surface area contributed by atoms with E-state index < -0.39 is 67.9 Å². The molecule has 18 nitrogen and oxygen atoms in total. The lowest BCUT2D eigenvalue weighted by atomic mass is 9.84. The molecule has 30 heavy (non-hydrogen) atoms. The van der Waals surface area contributed by atoms with Crippen LogP contribution >= 0.6 is 31.3 Å². The lowest BCUT2D eigenvalue weighted by Gasteiger charge is -2.48. The van der Waals surface area contributed by atoms with E-state index >= 15 is 0 Å². The highest BCUT2D eigenvalue weighted by Crippen LogP contribution is 2.53. The summed E-state index contributed by atoms with van der Waals surface area (Å²) >= 11 is 0. The van der Waals surface area contributed by atoms with Crippen LogP contribution in [0.5, 0.6) is 0 Å². The third-order valence-electron chi connectivity index (χ3n) is 3.52. The second-order valence-electron chi connectivity index (χ2n) is 5.64. The summed E-state index contributed by atoms with van der Waals surface area (Å²) in [6, 6.07) is 0. The third-order valence-corrected chi connectivity index (χ3v) is 5.60. The lowest BCUT2D eigenvalue weighted by Crippen LogP contribution is -2.66. The molecule has 180 valence electrons. The van der Waals surface area contributed by atoms with Crippen molar-refractivity contribution in [3.05, 3.63) is 0 Å². The van der Waals surface area contributed by atoms with Gasteiger partial charge in [0.1, 0.15) is 36.6 Å². The predicted molar refractivity (Wildman–Crippen MR) is 89.3 cm³/mol. The van der Waals surface area contributed by atoms with E-state index in [-0.39, 0.29) is 0 Å². The number of ether oxygens (including phenoxy) is 2. The molecule has 0 heterocycles. The van der Waals surface area contributed by atoms with Gasteiger partial charge in [0.25, 0.3) is 0 Å². The Hall–Kier alpha value is 0.360. The molecule has 0 saturated heterocycles. The maximum Gasteiger partial charge on any atom is 0.470 e. The molecule has 22 heteroatoms. The predicted octanol–water partition coefficient (Wildman–Crippen LogP) is -2.06. The van der Waals surface area contributed by atoms with Gasteiger partial charge >= 0.3 is 31.3 Å². The average Bonchev–Trinajstić information content (AvgIpc) is 2.47. The number of hydrogen-bond acceptors (Lipinski definition) is 10. The second kappa shape index (κ2) is 10.1. The standard InChI is InChI=1S/C8H20O18P4/c1-21-3-4(22-2)6(24-28(12,13)14)8(26-30(18,19)20)7(25-29(15,16)17)5(3)23-27(9,10)11/h3-8H,1-2H3,(H2,9,10,11)(H2,12,13,14)(H2,15,16,17)(H2,18,19,20)/t3-,4+,5-,6-,7+,8+/m0/s1. The van der Waals surface area contributed by atoms with Gasteiger partial charge in [-0.2, -0.15) is 0 Å². The summed E-state index contributed by atoms with van der Waals surface area (Å²) in [5, 5.41) is 0. The van der Waals surface area contributed by atoms with Crippen molar-refractivity contribution < 1.29 is 85.0 Å². The van der Waals surface area contributed by atoms with Crippen molar-refractivity contribution in [2.75, 3.05) is 14.2 Å². The lowest BCUT2D eigenvalue weighted by molar-refractivity contribution is -0.222. The zero-order chi connectivity index (χ0) is 23.7. The zero-order valence-electron chi connectivity index (χ0n) is 14.9. The van der Waals surface area contributed by atoms with E-state index in [0.717, 1.165) is 14.2 Å². The molecule has 1 saturated carbocycles. The van der Waals surface area contributed by atoms with E-state index in [1.165, 1.54) is 0 Å². The number of phosphoric ester groups is 4. The van der Waals surface area contributed by atoms with Gasteiger partial charge in [-0.15, -0.1) is 0 Å². The SMILES string of the molecule is CO[C@@H]1[C@H](OC)[C@H](OP(=O)(O)O)[C@@H](OP(=O)(O)O)[C@H](OP(=O)(O)O)[C@H]1OP(=O)(O)O. The van der Waals surface area contributed by atoms with E-state index in [1.54, 1.807) is 0 Å². The second-order valence-corrected chi connectivity index (χ2v) is 10.4. The first-order valence-electron chi connectivity index (χ1n) is 7.29. The van der Waals surface area contributed by atoms with Gasteiger partial charge in [-0.05, 0) is 0 Å². The maximum absolute atomic E-state index is 11.4. The minimum atomic E-state index is -5.59. The van der Waals surface area contributed by atoms with Gasteiger partial charge in [0.15, 0.2) is 0 Å². The van der Waals surface area contributed by atoms with E-state index in [1.807, 2.05) is 0 Å². The van der Waals surface area contributed by atoms with E-state index in [0.29, 0.717) is 0 Å². The van der Waals surface area contributed by atoms with Crippen LogP contribution in [-0.4, -0.2) is 90.0 Å². The Kier molecular flexibility index (Phi) is 9.56. The van der Waals surface area contributed by atoms with Crippen molar-refractivity contribution in [1.29, 1.82) is 0 Å². The molecule has 8 N–H and O–H groups in total. The first-order valence-corrected chi connectivity index (χ1v) is 13.4. The summed E-state index contributed by atoms with van der Waals surface area (Å²) in [5.41, 5.74) is 0. The van der Waals surface area contributed by atoms with Crippen LogP contribution in [0, 0.1) is 0 Å². The van der Waals surface area contributed by atoms with Crippen molar-refractivity contribution in [1.82, 2.24) is 0 Å². The molecule has 0 aromatic rings. The molecule has 0 aromatic heterocycles. The Balaban J connectivity index is 3.69.